The summed E-state index contributed by atoms with van der Waals surface area (Å²) in [4.78, 5) is 8.40. The second-order valence-electron chi connectivity index (χ2n) is 3.50. The molecule has 3 N–H and O–H groups in total. The SMILES string of the molecule is Cc1ccnc(NC(C)CCCN)n1. The Morgan fingerprint density at radius 2 is 2.36 bits per heavy atom. The van der Waals surface area contributed by atoms with Crippen LogP contribution in [0, 0.1) is 6.92 Å². The van der Waals surface area contributed by atoms with Crippen LogP contribution in [0.5, 0.6) is 0 Å². The molecule has 0 saturated carbocycles. The van der Waals surface area contributed by atoms with Gasteiger partial charge >= 0.3 is 0 Å². The number of nitrogens with one attached hydrogen (secondary N) is 1. The summed E-state index contributed by atoms with van der Waals surface area (Å²) in [6, 6.07) is 2.26. The highest BCUT2D eigenvalue weighted by molar-refractivity contribution is 5.25. The fourth-order valence-electron chi connectivity index (χ4n) is 1.24. The minimum atomic E-state index is 0.375. The van der Waals surface area contributed by atoms with Gasteiger partial charge in [0, 0.05) is 17.9 Å². The molecule has 1 heterocycles. The Kier molecular flexibility index (Phi) is 4.32. The van der Waals surface area contributed by atoms with Crippen molar-refractivity contribution in [1.29, 1.82) is 0 Å². The summed E-state index contributed by atoms with van der Waals surface area (Å²) in [6.45, 7) is 4.81. The molecular weight excluding hydrogens is 176 g/mol. The number of aromatic nitrogens is 2. The molecule has 1 aromatic rings. The van der Waals surface area contributed by atoms with Crippen LogP contribution in [-0.2, 0) is 0 Å². The minimum Gasteiger partial charge on any atom is -0.352 e. The minimum absolute atomic E-state index is 0.375. The van der Waals surface area contributed by atoms with Crippen LogP contribution in [0.1, 0.15) is 25.5 Å². The van der Waals surface area contributed by atoms with E-state index in [1.165, 1.54) is 0 Å². The zero-order valence-electron chi connectivity index (χ0n) is 8.83. The molecule has 1 atom stereocenters. The topological polar surface area (TPSA) is 63.8 Å². The van der Waals surface area contributed by atoms with Crippen molar-refractivity contribution in [2.24, 2.45) is 5.73 Å². The smallest absolute Gasteiger partial charge is 0.223 e. The molecule has 0 aliphatic heterocycles. The molecule has 1 unspecified atom stereocenters. The van der Waals surface area contributed by atoms with E-state index in [0.29, 0.717) is 12.0 Å². The number of aryl methyl sites for hydroxylation is 1. The highest BCUT2D eigenvalue weighted by Crippen LogP contribution is 2.04. The van der Waals surface area contributed by atoms with Gasteiger partial charge < -0.3 is 11.1 Å². The first-order valence-corrected chi connectivity index (χ1v) is 4.98. The van der Waals surface area contributed by atoms with Crippen molar-refractivity contribution in [1.82, 2.24) is 9.97 Å². The molecule has 1 rings (SSSR count). The Morgan fingerprint density at radius 3 is 3.00 bits per heavy atom. The maximum Gasteiger partial charge on any atom is 0.223 e. The predicted molar refractivity (Wildman–Crippen MR) is 58.1 cm³/mol. The van der Waals surface area contributed by atoms with Gasteiger partial charge in [-0.3, -0.25) is 0 Å². The fraction of sp³-hybridized carbons (Fsp3) is 0.600. The summed E-state index contributed by atoms with van der Waals surface area (Å²) in [6.07, 6.45) is 3.84. The largest absolute Gasteiger partial charge is 0.352 e. The van der Waals surface area contributed by atoms with Gasteiger partial charge in [-0.15, -0.1) is 0 Å². The third-order valence-electron chi connectivity index (χ3n) is 2.01. The van der Waals surface area contributed by atoms with Gasteiger partial charge in [-0.2, -0.15) is 0 Å². The second-order valence-corrected chi connectivity index (χ2v) is 3.50. The Morgan fingerprint density at radius 1 is 1.57 bits per heavy atom. The number of hydrogen-bond acceptors (Lipinski definition) is 4. The first kappa shape index (κ1) is 10.9. The van der Waals surface area contributed by atoms with Crippen molar-refractivity contribution in [2.45, 2.75) is 32.7 Å². The zero-order chi connectivity index (χ0) is 10.4. The van der Waals surface area contributed by atoms with Crippen LogP contribution < -0.4 is 11.1 Å². The molecule has 0 spiro atoms. The third-order valence-corrected chi connectivity index (χ3v) is 2.01. The van der Waals surface area contributed by atoms with Crippen LogP contribution in [0.2, 0.25) is 0 Å². The Balaban J connectivity index is 2.43. The second kappa shape index (κ2) is 5.54. The lowest BCUT2D eigenvalue weighted by Crippen LogP contribution is -2.18. The summed E-state index contributed by atoms with van der Waals surface area (Å²) in [7, 11) is 0. The van der Waals surface area contributed by atoms with Crippen molar-refractivity contribution < 1.29 is 0 Å². The molecule has 0 radical (unpaired) electrons. The van der Waals surface area contributed by atoms with E-state index >= 15 is 0 Å². The summed E-state index contributed by atoms with van der Waals surface area (Å²) < 4.78 is 0. The van der Waals surface area contributed by atoms with E-state index in [0.717, 1.165) is 25.1 Å². The standard InChI is InChI=1S/C10H18N4/c1-8(4-3-6-11)13-10-12-7-5-9(2)14-10/h5,7-8H,3-4,6,11H2,1-2H3,(H,12,13,14). The van der Waals surface area contributed by atoms with Crippen LogP contribution >= 0.6 is 0 Å². The van der Waals surface area contributed by atoms with Crippen LogP contribution in [0.4, 0.5) is 5.95 Å². The van der Waals surface area contributed by atoms with E-state index in [2.05, 4.69) is 22.2 Å². The van der Waals surface area contributed by atoms with Crippen molar-refractivity contribution in [3.05, 3.63) is 18.0 Å². The molecule has 0 amide bonds. The number of rotatable bonds is 5. The highest BCUT2D eigenvalue weighted by Gasteiger charge is 2.02. The molecule has 0 fully saturated rings. The maximum absolute atomic E-state index is 5.44. The fourth-order valence-corrected chi connectivity index (χ4v) is 1.24. The Hall–Kier alpha value is -1.16. The van der Waals surface area contributed by atoms with Crippen molar-refractivity contribution in [3.63, 3.8) is 0 Å². The quantitative estimate of drug-likeness (QED) is 0.742. The van der Waals surface area contributed by atoms with E-state index in [9.17, 15) is 0 Å². The highest BCUT2D eigenvalue weighted by atomic mass is 15.1. The maximum atomic E-state index is 5.44. The van der Waals surface area contributed by atoms with Gasteiger partial charge in [-0.25, -0.2) is 9.97 Å². The molecule has 0 aliphatic rings. The van der Waals surface area contributed by atoms with Gasteiger partial charge in [-0.1, -0.05) is 0 Å². The lowest BCUT2D eigenvalue weighted by molar-refractivity contribution is 0.657. The van der Waals surface area contributed by atoms with Crippen molar-refractivity contribution in [3.8, 4) is 0 Å². The van der Waals surface area contributed by atoms with Gasteiger partial charge in [-0.05, 0) is 39.3 Å². The van der Waals surface area contributed by atoms with Gasteiger partial charge in [0.15, 0.2) is 0 Å². The van der Waals surface area contributed by atoms with E-state index < -0.39 is 0 Å². The van der Waals surface area contributed by atoms with Crippen LogP contribution in [0.3, 0.4) is 0 Å². The van der Waals surface area contributed by atoms with E-state index in [1.807, 2.05) is 13.0 Å². The molecule has 0 saturated heterocycles. The molecule has 78 valence electrons. The molecule has 0 aliphatic carbocycles. The Labute approximate surface area is 85.0 Å². The summed E-state index contributed by atoms with van der Waals surface area (Å²) in [5.74, 6) is 0.703. The first-order valence-electron chi connectivity index (χ1n) is 4.98. The third kappa shape index (κ3) is 3.70. The van der Waals surface area contributed by atoms with Gasteiger partial charge in [0.2, 0.25) is 5.95 Å². The molecule has 4 heteroatoms. The lowest BCUT2D eigenvalue weighted by Gasteiger charge is -2.12. The molecule has 1 aromatic heterocycles. The van der Waals surface area contributed by atoms with Gasteiger partial charge in [0.1, 0.15) is 0 Å². The van der Waals surface area contributed by atoms with Gasteiger partial charge in [0.25, 0.3) is 0 Å². The van der Waals surface area contributed by atoms with Gasteiger partial charge in [0.05, 0.1) is 0 Å². The molecule has 0 aromatic carbocycles. The zero-order valence-corrected chi connectivity index (χ0v) is 8.83. The molecule has 0 bridgehead atoms. The Bertz CT molecular complexity index is 275. The normalized spacial score (nSPS) is 12.5. The average Bonchev–Trinajstić information content (AvgIpc) is 2.15. The van der Waals surface area contributed by atoms with Crippen molar-refractivity contribution >= 4 is 5.95 Å². The summed E-state index contributed by atoms with van der Waals surface area (Å²) >= 11 is 0. The number of anilines is 1. The molecule has 14 heavy (non-hydrogen) atoms. The lowest BCUT2D eigenvalue weighted by atomic mass is 10.2. The van der Waals surface area contributed by atoms with Crippen LogP contribution in [0.15, 0.2) is 12.3 Å². The molecule has 4 nitrogen and oxygen atoms in total. The number of nitrogens with two attached hydrogens (primary N) is 1. The number of nitrogens with zero attached hydrogens (tertiary/aromatic N) is 2. The predicted octanol–water partition coefficient (Wildman–Crippen LogP) is 1.32. The van der Waals surface area contributed by atoms with E-state index in [1.54, 1.807) is 6.20 Å². The first-order chi connectivity index (χ1) is 6.72. The average molecular weight is 194 g/mol. The number of hydrogen-bond donors (Lipinski definition) is 2. The summed E-state index contributed by atoms with van der Waals surface area (Å²) in [5, 5.41) is 3.24. The monoisotopic (exact) mass is 194 g/mol. The molecular formula is C10H18N4. The van der Waals surface area contributed by atoms with E-state index in [-0.39, 0.29) is 0 Å². The summed E-state index contributed by atoms with van der Waals surface area (Å²) in [5.41, 5.74) is 6.42. The van der Waals surface area contributed by atoms with Crippen LogP contribution in [0.25, 0.3) is 0 Å². The van der Waals surface area contributed by atoms with E-state index in [4.69, 9.17) is 5.73 Å². The van der Waals surface area contributed by atoms with Crippen molar-refractivity contribution in [2.75, 3.05) is 11.9 Å². The van der Waals surface area contributed by atoms with Crippen LogP contribution in [-0.4, -0.2) is 22.6 Å².